The van der Waals surface area contributed by atoms with Crippen molar-refractivity contribution >= 4 is 0 Å². The van der Waals surface area contributed by atoms with E-state index in [1.54, 1.807) is 6.20 Å². The van der Waals surface area contributed by atoms with Crippen molar-refractivity contribution in [3.8, 4) is 5.88 Å². The molecule has 12 heavy (non-hydrogen) atoms. The van der Waals surface area contributed by atoms with Crippen molar-refractivity contribution in [3.05, 3.63) is 23.4 Å². The van der Waals surface area contributed by atoms with Gasteiger partial charge in [0.2, 0.25) is 5.88 Å². The van der Waals surface area contributed by atoms with E-state index in [9.17, 15) is 0 Å². The summed E-state index contributed by atoms with van der Waals surface area (Å²) in [5, 5.41) is 8.80. The van der Waals surface area contributed by atoms with E-state index in [4.69, 9.17) is 9.84 Å². The fourth-order valence-electron chi connectivity index (χ4n) is 0.995. The lowest BCUT2D eigenvalue weighted by atomic mass is 10.2. The number of aliphatic hydroxyl groups is 1. The Kier molecular flexibility index (Phi) is 3.05. The van der Waals surface area contributed by atoms with E-state index >= 15 is 0 Å². The van der Waals surface area contributed by atoms with Crippen LogP contribution in [0.3, 0.4) is 0 Å². The van der Waals surface area contributed by atoms with Crippen molar-refractivity contribution in [3.63, 3.8) is 0 Å². The molecule has 0 spiro atoms. The second kappa shape index (κ2) is 4.07. The quantitative estimate of drug-likeness (QED) is 0.737. The molecule has 0 bridgehead atoms. The predicted molar refractivity (Wildman–Crippen MR) is 46.1 cm³/mol. The van der Waals surface area contributed by atoms with Gasteiger partial charge in [-0.05, 0) is 25.5 Å². The highest BCUT2D eigenvalue weighted by molar-refractivity contribution is 5.28. The van der Waals surface area contributed by atoms with Crippen LogP contribution in [0.15, 0.2) is 12.3 Å². The maximum absolute atomic E-state index is 8.80. The molecule has 0 radical (unpaired) electrons. The molecule has 0 aliphatic heterocycles. The van der Waals surface area contributed by atoms with E-state index < -0.39 is 0 Å². The molecule has 0 aliphatic rings. The number of hydrogen-bond donors (Lipinski definition) is 1. The lowest BCUT2D eigenvalue weighted by molar-refractivity contribution is 0.280. The zero-order valence-corrected chi connectivity index (χ0v) is 7.37. The first kappa shape index (κ1) is 9.00. The topological polar surface area (TPSA) is 42.4 Å². The minimum absolute atomic E-state index is 0.0280. The summed E-state index contributed by atoms with van der Waals surface area (Å²) in [6.45, 7) is 4.48. The van der Waals surface area contributed by atoms with Crippen molar-refractivity contribution in [2.75, 3.05) is 6.61 Å². The molecule has 3 nitrogen and oxygen atoms in total. The smallest absolute Gasteiger partial charge is 0.216 e. The summed E-state index contributed by atoms with van der Waals surface area (Å²) >= 11 is 0. The van der Waals surface area contributed by atoms with Gasteiger partial charge >= 0.3 is 0 Å². The molecule has 0 fully saturated rings. The molecule has 66 valence electrons. The monoisotopic (exact) mass is 167 g/mol. The van der Waals surface area contributed by atoms with Crippen LogP contribution in [0.5, 0.6) is 5.88 Å². The van der Waals surface area contributed by atoms with E-state index in [0.717, 1.165) is 11.1 Å². The van der Waals surface area contributed by atoms with Crippen LogP contribution in [0.25, 0.3) is 0 Å². The number of aliphatic hydroxyl groups excluding tert-OH is 1. The first-order chi connectivity index (χ1) is 5.77. The molecule has 0 atom stereocenters. The van der Waals surface area contributed by atoms with Crippen LogP contribution in [0.2, 0.25) is 0 Å². The van der Waals surface area contributed by atoms with Gasteiger partial charge in [0.05, 0.1) is 13.2 Å². The summed E-state index contributed by atoms with van der Waals surface area (Å²) in [7, 11) is 0. The Labute approximate surface area is 72.0 Å². The molecule has 0 aromatic carbocycles. The number of rotatable bonds is 3. The molecule has 0 saturated heterocycles. The third-order valence-corrected chi connectivity index (χ3v) is 1.55. The number of aryl methyl sites for hydroxylation is 1. The molecular formula is C9H13NO2. The Morgan fingerprint density at radius 1 is 1.58 bits per heavy atom. The third-order valence-electron chi connectivity index (χ3n) is 1.55. The van der Waals surface area contributed by atoms with Gasteiger partial charge in [-0.25, -0.2) is 4.98 Å². The fraction of sp³-hybridized carbons (Fsp3) is 0.444. The average molecular weight is 167 g/mol. The summed E-state index contributed by atoms with van der Waals surface area (Å²) in [5.74, 6) is 0.648. The van der Waals surface area contributed by atoms with Gasteiger partial charge in [-0.15, -0.1) is 0 Å². The first-order valence-corrected chi connectivity index (χ1v) is 3.97. The first-order valence-electron chi connectivity index (χ1n) is 3.97. The molecule has 0 aliphatic carbocycles. The normalized spacial score (nSPS) is 9.92. The van der Waals surface area contributed by atoms with Crippen molar-refractivity contribution < 1.29 is 9.84 Å². The number of hydrogen-bond acceptors (Lipinski definition) is 3. The van der Waals surface area contributed by atoms with E-state index in [2.05, 4.69) is 4.98 Å². The summed E-state index contributed by atoms with van der Waals surface area (Å²) in [5.41, 5.74) is 1.78. The van der Waals surface area contributed by atoms with Crippen molar-refractivity contribution in [1.82, 2.24) is 4.98 Å². The molecule has 1 aromatic heterocycles. The summed E-state index contributed by atoms with van der Waals surface area (Å²) in [6, 6.07) is 1.87. The van der Waals surface area contributed by atoms with Crippen LogP contribution in [0, 0.1) is 6.92 Å². The van der Waals surface area contributed by atoms with Gasteiger partial charge in [-0.3, -0.25) is 0 Å². The minimum atomic E-state index is 0.0280. The van der Waals surface area contributed by atoms with Crippen molar-refractivity contribution in [2.45, 2.75) is 20.5 Å². The Morgan fingerprint density at radius 2 is 2.33 bits per heavy atom. The van der Waals surface area contributed by atoms with Crippen LogP contribution in [-0.2, 0) is 6.61 Å². The van der Waals surface area contributed by atoms with Gasteiger partial charge in [-0.2, -0.15) is 0 Å². The van der Waals surface area contributed by atoms with Crippen LogP contribution < -0.4 is 4.74 Å². The zero-order chi connectivity index (χ0) is 8.97. The standard InChI is InChI=1S/C9H13NO2/c1-3-12-9-7(2)4-8(6-11)5-10-9/h4-5,11H,3,6H2,1-2H3. The van der Waals surface area contributed by atoms with Gasteiger partial charge in [0.25, 0.3) is 0 Å². The maximum atomic E-state index is 8.80. The number of pyridine rings is 1. The van der Waals surface area contributed by atoms with Crippen molar-refractivity contribution in [2.24, 2.45) is 0 Å². The third kappa shape index (κ3) is 1.95. The highest BCUT2D eigenvalue weighted by Crippen LogP contribution is 2.14. The molecule has 0 unspecified atom stereocenters. The summed E-state index contributed by atoms with van der Waals surface area (Å²) in [6.07, 6.45) is 1.62. The molecule has 1 rings (SSSR count). The maximum Gasteiger partial charge on any atom is 0.216 e. The highest BCUT2D eigenvalue weighted by Gasteiger charge is 2.00. The Bertz CT molecular complexity index is 261. The summed E-state index contributed by atoms with van der Waals surface area (Å²) in [4.78, 5) is 4.06. The van der Waals surface area contributed by atoms with Crippen LogP contribution in [0.1, 0.15) is 18.1 Å². The Morgan fingerprint density at radius 3 is 2.83 bits per heavy atom. The van der Waals surface area contributed by atoms with Crippen LogP contribution in [0.4, 0.5) is 0 Å². The molecule has 1 aromatic rings. The van der Waals surface area contributed by atoms with Gasteiger partial charge in [-0.1, -0.05) is 0 Å². The van der Waals surface area contributed by atoms with Crippen LogP contribution in [-0.4, -0.2) is 16.7 Å². The second-order valence-corrected chi connectivity index (χ2v) is 2.56. The minimum Gasteiger partial charge on any atom is -0.478 e. The van der Waals surface area contributed by atoms with Gasteiger partial charge in [0, 0.05) is 11.8 Å². The lowest BCUT2D eigenvalue weighted by Crippen LogP contribution is -1.98. The molecule has 3 heteroatoms. The number of aromatic nitrogens is 1. The van der Waals surface area contributed by atoms with Gasteiger partial charge in [0.1, 0.15) is 0 Å². The van der Waals surface area contributed by atoms with E-state index in [0.29, 0.717) is 12.5 Å². The predicted octanol–water partition coefficient (Wildman–Crippen LogP) is 1.28. The molecule has 1 heterocycles. The molecule has 0 saturated carbocycles. The zero-order valence-electron chi connectivity index (χ0n) is 7.37. The van der Waals surface area contributed by atoms with E-state index in [1.807, 2.05) is 19.9 Å². The van der Waals surface area contributed by atoms with Gasteiger partial charge in [0.15, 0.2) is 0 Å². The SMILES string of the molecule is CCOc1ncc(CO)cc1C. The van der Waals surface area contributed by atoms with Crippen molar-refractivity contribution in [1.29, 1.82) is 0 Å². The van der Waals surface area contributed by atoms with Gasteiger partial charge < -0.3 is 9.84 Å². The highest BCUT2D eigenvalue weighted by atomic mass is 16.5. The molecule has 0 amide bonds. The van der Waals surface area contributed by atoms with Crippen LogP contribution >= 0.6 is 0 Å². The largest absolute Gasteiger partial charge is 0.478 e. The molecule has 1 N–H and O–H groups in total. The fourth-order valence-corrected chi connectivity index (χ4v) is 0.995. The lowest BCUT2D eigenvalue weighted by Gasteiger charge is -2.05. The number of ether oxygens (including phenoxy) is 1. The Balaban J connectivity index is 2.87. The number of nitrogens with zero attached hydrogens (tertiary/aromatic N) is 1. The second-order valence-electron chi connectivity index (χ2n) is 2.56. The van der Waals surface area contributed by atoms with E-state index in [1.165, 1.54) is 0 Å². The summed E-state index contributed by atoms with van der Waals surface area (Å²) < 4.78 is 5.24. The average Bonchev–Trinajstić information content (AvgIpc) is 2.09. The van der Waals surface area contributed by atoms with E-state index in [-0.39, 0.29) is 6.61 Å². The Hall–Kier alpha value is -1.09. The molecular weight excluding hydrogens is 154 g/mol.